The van der Waals surface area contributed by atoms with E-state index in [1.165, 1.54) is 0 Å². The zero-order valence-corrected chi connectivity index (χ0v) is 19.1. The predicted octanol–water partition coefficient (Wildman–Crippen LogP) is 3.88. The molecule has 8 nitrogen and oxygen atoms in total. The zero-order chi connectivity index (χ0) is 23.9. The number of benzene rings is 2. The van der Waals surface area contributed by atoms with Crippen molar-refractivity contribution in [1.82, 2.24) is 4.90 Å². The van der Waals surface area contributed by atoms with Crippen molar-refractivity contribution < 1.29 is 28.5 Å². The fraction of sp³-hybridized carbons (Fsp3) is 0.308. The van der Waals surface area contributed by atoms with Crippen molar-refractivity contribution in [3.63, 3.8) is 0 Å². The van der Waals surface area contributed by atoms with Crippen LogP contribution in [0.15, 0.2) is 55.1 Å². The number of nitrogens with zero attached hydrogens (tertiary/aromatic N) is 1. The van der Waals surface area contributed by atoms with E-state index in [2.05, 4.69) is 11.9 Å². The molecule has 1 N–H and O–H groups in total. The van der Waals surface area contributed by atoms with Gasteiger partial charge < -0.3 is 29.2 Å². The maximum atomic E-state index is 12.7. The SMILES string of the molecule is C=CCOc1ccc(/C=C/C(=O)N2CCC(C(=O)Nc3ccc4c(c3)OCO4)CC2)cc1OC. The van der Waals surface area contributed by atoms with Gasteiger partial charge in [0.05, 0.1) is 7.11 Å². The van der Waals surface area contributed by atoms with Gasteiger partial charge in [-0.25, -0.2) is 0 Å². The van der Waals surface area contributed by atoms with Crippen molar-refractivity contribution in [2.45, 2.75) is 12.8 Å². The van der Waals surface area contributed by atoms with Crippen LogP contribution in [0.5, 0.6) is 23.0 Å². The molecule has 2 aromatic rings. The Labute approximate surface area is 198 Å². The van der Waals surface area contributed by atoms with E-state index in [0.717, 1.165) is 5.56 Å². The molecule has 4 rings (SSSR count). The van der Waals surface area contributed by atoms with E-state index in [0.29, 0.717) is 61.2 Å². The van der Waals surface area contributed by atoms with Gasteiger partial charge in [0.1, 0.15) is 6.61 Å². The topological polar surface area (TPSA) is 86.3 Å². The first kappa shape index (κ1) is 23.2. The lowest BCUT2D eigenvalue weighted by atomic mass is 9.95. The van der Waals surface area contributed by atoms with Gasteiger partial charge in [0, 0.05) is 36.8 Å². The third-order valence-electron chi connectivity index (χ3n) is 5.78. The van der Waals surface area contributed by atoms with Crippen molar-refractivity contribution in [3.8, 4) is 23.0 Å². The number of ether oxygens (including phenoxy) is 4. The van der Waals surface area contributed by atoms with Gasteiger partial charge in [0.2, 0.25) is 18.6 Å². The Morgan fingerprint density at radius 2 is 1.91 bits per heavy atom. The van der Waals surface area contributed by atoms with E-state index in [9.17, 15) is 9.59 Å². The number of anilines is 1. The number of hydrogen-bond donors (Lipinski definition) is 1. The molecule has 2 aromatic carbocycles. The average Bonchev–Trinajstić information content (AvgIpc) is 3.34. The van der Waals surface area contributed by atoms with Gasteiger partial charge in [-0.3, -0.25) is 9.59 Å². The van der Waals surface area contributed by atoms with Crippen LogP contribution in [-0.4, -0.2) is 50.3 Å². The van der Waals surface area contributed by atoms with Crippen LogP contribution in [0.25, 0.3) is 6.08 Å². The highest BCUT2D eigenvalue weighted by Gasteiger charge is 2.27. The maximum Gasteiger partial charge on any atom is 0.246 e. The molecule has 0 bridgehead atoms. The highest BCUT2D eigenvalue weighted by Crippen LogP contribution is 2.34. The van der Waals surface area contributed by atoms with E-state index in [1.54, 1.807) is 54.5 Å². The van der Waals surface area contributed by atoms with Gasteiger partial charge in [0.15, 0.2) is 23.0 Å². The van der Waals surface area contributed by atoms with Crippen molar-refractivity contribution in [2.24, 2.45) is 5.92 Å². The Hall–Kier alpha value is -3.94. The summed E-state index contributed by atoms with van der Waals surface area (Å²) >= 11 is 0. The third kappa shape index (κ3) is 5.51. The van der Waals surface area contributed by atoms with Gasteiger partial charge >= 0.3 is 0 Å². The van der Waals surface area contributed by atoms with Gasteiger partial charge in [-0.05, 0) is 48.7 Å². The van der Waals surface area contributed by atoms with E-state index in [4.69, 9.17) is 18.9 Å². The molecule has 8 heteroatoms. The van der Waals surface area contributed by atoms with E-state index in [-0.39, 0.29) is 24.5 Å². The normalized spacial score (nSPS) is 15.3. The Morgan fingerprint density at radius 1 is 1.12 bits per heavy atom. The molecule has 0 unspecified atom stereocenters. The van der Waals surface area contributed by atoms with Crippen molar-refractivity contribution in [1.29, 1.82) is 0 Å². The van der Waals surface area contributed by atoms with Crippen molar-refractivity contribution in [2.75, 3.05) is 38.9 Å². The Morgan fingerprint density at radius 3 is 2.68 bits per heavy atom. The number of methoxy groups -OCH3 is 1. The first-order chi connectivity index (χ1) is 16.6. The average molecular weight is 465 g/mol. The Kier molecular flexibility index (Phi) is 7.37. The van der Waals surface area contributed by atoms with E-state index >= 15 is 0 Å². The molecule has 0 atom stereocenters. The van der Waals surface area contributed by atoms with Crippen LogP contribution < -0.4 is 24.3 Å². The summed E-state index contributed by atoms with van der Waals surface area (Å²) in [6.07, 6.45) is 6.18. The number of carbonyl (C=O) groups is 2. The first-order valence-corrected chi connectivity index (χ1v) is 11.2. The van der Waals surface area contributed by atoms with E-state index < -0.39 is 0 Å². The summed E-state index contributed by atoms with van der Waals surface area (Å²) < 4.78 is 21.6. The van der Waals surface area contributed by atoms with Gasteiger partial charge in [-0.1, -0.05) is 18.7 Å². The lowest BCUT2D eigenvalue weighted by Crippen LogP contribution is -2.40. The van der Waals surface area contributed by atoms with Gasteiger partial charge in [-0.2, -0.15) is 0 Å². The largest absolute Gasteiger partial charge is 0.493 e. The zero-order valence-electron chi connectivity index (χ0n) is 19.1. The molecule has 34 heavy (non-hydrogen) atoms. The van der Waals surface area contributed by atoms with Crippen LogP contribution in [0.3, 0.4) is 0 Å². The summed E-state index contributed by atoms with van der Waals surface area (Å²) in [6, 6.07) is 10.8. The number of fused-ring (bicyclic) bond motifs is 1. The number of nitrogens with one attached hydrogen (secondary N) is 1. The number of carbonyl (C=O) groups excluding carboxylic acids is 2. The lowest BCUT2D eigenvalue weighted by Gasteiger charge is -2.30. The van der Waals surface area contributed by atoms with Crippen LogP contribution in [-0.2, 0) is 9.59 Å². The van der Waals surface area contributed by atoms with Crippen LogP contribution in [0.2, 0.25) is 0 Å². The quantitative estimate of drug-likeness (QED) is 0.471. The number of rotatable bonds is 8. The summed E-state index contributed by atoms with van der Waals surface area (Å²) in [7, 11) is 1.57. The fourth-order valence-corrected chi connectivity index (χ4v) is 3.91. The molecule has 0 aliphatic carbocycles. The molecule has 1 saturated heterocycles. The molecule has 2 heterocycles. The van der Waals surface area contributed by atoms with Crippen LogP contribution in [0.4, 0.5) is 5.69 Å². The minimum atomic E-state index is -0.147. The number of amides is 2. The highest BCUT2D eigenvalue weighted by molar-refractivity contribution is 5.94. The number of hydrogen-bond acceptors (Lipinski definition) is 6. The minimum absolute atomic E-state index is 0.0487. The van der Waals surface area contributed by atoms with Crippen LogP contribution >= 0.6 is 0 Å². The summed E-state index contributed by atoms with van der Waals surface area (Å²) in [4.78, 5) is 27.1. The fourth-order valence-electron chi connectivity index (χ4n) is 3.91. The molecular weight excluding hydrogens is 436 g/mol. The molecule has 178 valence electrons. The molecule has 0 radical (unpaired) electrons. The summed E-state index contributed by atoms with van der Waals surface area (Å²) in [5, 5.41) is 2.94. The first-order valence-electron chi connectivity index (χ1n) is 11.2. The maximum absolute atomic E-state index is 12.7. The minimum Gasteiger partial charge on any atom is -0.493 e. The standard InChI is InChI=1S/C26H28N2O6/c1-3-14-32-21-7-4-18(15-23(21)31-2)5-9-25(29)28-12-10-19(11-13-28)26(30)27-20-6-8-22-24(16-20)34-17-33-22/h3-9,15-16,19H,1,10-14,17H2,2H3,(H,27,30)/b9-5+. The highest BCUT2D eigenvalue weighted by atomic mass is 16.7. The predicted molar refractivity (Wildman–Crippen MR) is 128 cm³/mol. The van der Waals surface area contributed by atoms with Crippen LogP contribution in [0, 0.1) is 5.92 Å². The number of likely N-dealkylation sites (tertiary alicyclic amines) is 1. The smallest absolute Gasteiger partial charge is 0.246 e. The second kappa shape index (κ2) is 10.8. The second-order valence-electron chi connectivity index (χ2n) is 8.00. The summed E-state index contributed by atoms with van der Waals surface area (Å²) in [5.41, 5.74) is 1.50. The van der Waals surface area contributed by atoms with Crippen LogP contribution in [0.1, 0.15) is 18.4 Å². The molecular formula is C26H28N2O6. The summed E-state index contributed by atoms with van der Waals surface area (Å²) in [6.45, 7) is 5.27. The molecule has 2 aliphatic heterocycles. The molecule has 2 aliphatic rings. The van der Waals surface area contributed by atoms with Gasteiger partial charge in [-0.15, -0.1) is 0 Å². The molecule has 2 amide bonds. The van der Waals surface area contributed by atoms with Crippen molar-refractivity contribution in [3.05, 3.63) is 60.7 Å². The Bertz CT molecular complexity index is 1090. The lowest BCUT2D eigenvalue weighted by molar-refractivity contribution is -0.130. The van der Waals surface area contributed by atoms with Crippen molar-refractivity contribution >= 4 is 23.6 Å². The third-order valence-corrected chi connectivity index (χ3v) is 5.78. The molecule has 1 fully saturated rings. The molecule has 0 aromatic heterocycles. The molecule has 0 saturated carbocycles. The Balaban J connectivity index is 1.28. The monoisotopic (exact) mass is 464 g/mol. The van der Waals surface area contributed by atoms with E-state index in [1.807, 2.05) is 12.1 Å². The molecule has 0 spiro atoms. The number of piperidine rings is 1. The second-order valence-corrected chi connectivity index (χ2v) is 8.00. The summed E-state index contributed by atoms with van der Waals surface area (Å²) in [5.74, 6) is 2.23. The van der Waals surface area contributed by atoms with Gasteiger partial charge in [0.25, 0.3) is 0 Å².